The normalized spacial score (nSPS) is 10.9. The van der Waals surface area contributed by atoms with Crippen molar-refractivity contribution in [3.05, 3.63) is 59.0 Å². The summed E-state index contributed by atoms with van der Waals surface area (Å²) in [5.41, 5.74) is 2.45. The molecule has 3 rings (SSSR count). The number of amides is 1. The number of hydrogen-bond acceptors (Lipinski definition) is 4. The second-order valence-electron chi connectivity index (χ2n) is 5.48. The van der Waals surface area contributed by atoms with Gasteiger partial charge in [-0.2, -0.15) is 0 Å². The van der Waals surface area contributed by atoms with Gasteiger partial charge in [-0.25, -0.2) is 9.97 Å². The van der Waals surface area contributed by atoms with Gasteiger partial charge in [-0.1, -0.05) is 19.1 Å². The Bertz CT molecular complexity index is 912. The number of carbonyl (C=O) groups is 1. The van der Waals surface area contributed by atoms with Gasteiger partial charge in [-0.15, -0.1) is 0 Å². The lowest BCUT2D eigenvalue weighted by molar-refractivity contribution is -0.121. The van der Waals surface area contributed by atoms with Crippen LogP contribution in [-0.2, 0) is 24.3 Å². The molecule has 24 heavy (non-hydrogen) atoms. The van der Waals surface area contributed by atoms with Crippen molar-refractivity contribution < 1.29 is 4.79 Å². The molecule has 0 unspecified atom stereocenters. The molecule has 0 saturated heterocycles. The first-order chi connectivity index (χ1) is 11.7. The highest BCUT2D eigenvalue weighted by Gasteiger charge is 2.07. The monoisotopic (exact) mass is 325 g/mol. The quantitative estimate of drug-likeness (QED) is 0.732. The SMILES string of the molecule is CCc1cc(=O)n(CCNC(=O)Cn2cnc3ccccc32)cn1. The van der Waals surface area contributed by atoms with Gasteiger partial charge in [-0.3, -0.25) is 14.2 Å². The molecule has 1 amide bonds. The second-order valence-corrected chi connectivity index (χ2v) is 5.48. The maximum atomic E-state index is 12.1. The van der Waals surface area contributed by atoms with Gasteiger partial charge in [0.2, 0.25) is 5.91 Å². The van der Waals surface area contributed by atoms with Gasteiger partial charge in [0.15, 0.2) is 0 Å². The van der Waals surface area contributed by atoms with E-state index in [1.165, 1.54) is 17.0 Å². The highest BCUT2D eigenvalue weighted by atomic mass is 16.2. The van der Waals surface area contributed by atoms with E-state index in [4.69, 9.17) is 0 Å². The number of aromatic nitrogens is 4. The van der Waals surface area contributed by atoms with Gasteiger partial charge in [-0.05, 0) is 18.6 Å². The van der Waals surface area contributed by atoms with E-state index in [1.54, 1.807) is 10.9 Å². The summed E-state index contributed by atoms with van der Waals surface area (Å²) < 4.78 is 3.29. The number of carbonyl (C=O) groups excluding carboxylic acids is 1. The third kappa shape index (κ3) is 3.51. The number of para-hydroxylation sites is 2. The zero-order valence-electron chi connectivity index (χ0n) is 13.5. The standard InChI is InChI=1S/C17H19N5O2/c1-2-13-9-17(24)21(11-19-13)8-7-18-16(23)10-22-12-20-14-5-3-4-6-15(14)22/h3-6,9,11-12H,2,7-8,10H2,1H3,(H,18,23). The number of nitrogens with one attached hydrogen (secondary N) is 1. The molecule has 0 bridgehead atoms. The molecule has 0 radical (unpaired) electrons. The minimum atomic E-state index is -0.121. The van der Waals surface area contributed by atoms with Crippen LogP contribution in [0.4, 0.5) is 0 Å². The van der Waals surface area contributed by atoms with E-state index < -0.39 is 0 Å². The smallest absolute Gasteiger partial charge is 0.253 e. The van der Waals surface area contributed by atoms with Gasteiger partial charge < -0.3 is 9.88 Å². The Morgan fingerprint density at radius 1 is 1.17 bits per heavy atom. The van der Waals surface area contributed by atoms with Crippen molar-refractivity contribution in [2.75, 3.05) is 6.54 Å². The maximum Gasteiger partial charge on any atom is 0.253 e. The van der Waals surface area contributed by atoms with Crippen LogP contribution in [0.1, 0.15) is 12.6 Å². The van der Waals surface area contributed by atoms with E-state index >= 15 is 0 Å². The molecule has 2 aromatic heterocycles. The Hall–Kier alpha value is -2.96. The summed E-state index contributed by atoms with van der Waals surface area (Å²) in [5, 5.41) is 2.81. The summed E-state index contributed by atoms with van der Waals surface area (Å²) in [6, 6.07) is 9.19. The van der Waals surface area contributed by atoms with Crippen LogP contribution in [0, 0.1) is 0 Å². The fourth-order valence-electron chi connectivity index (χ4n) is 2.49. The fourth-order valence-corrected chi connectivity index (χ4v) is 2.49. The Morgan fingerprint density at radius 3 is 2.75 bits per heavy atom. The zero-order valence-corrected chi connectivity index (χ0v) is 13.5. The molecule has 7 heteroatoms. The fraction of sp³-hybridized carbons (Fsp3) is 0.294. The van der Waals surface area contributed by atoms with Crippen molar-refractivity contribution >= 4 is 16.9 Å². The molecular weight excluding hydrogens is 306 g/mol. The summed E-state index contributed by atoms with van der Waals surface area (Å²) in [6.07, 6.45) is 3.91. The lowest BCUT2D eigenvalue weighted by atomic mass is 10.3. The molecule has 1 N–H and O–H groups in total. The first kappa shape index (κ1) is 15.9. The van der Waals surface area contributed by atoms with Crippen molar-refractivity contribution in [1.82, 2.24) is 24.4 Å². The first-order valence-electron chi connectivity index (χ1n) is 7.89. The Morgan fingerprint density at radius 2 is 1.96 bits per heavy atom. The molecule has 2 heterocycles. The Kier molecular flexibility index (Phi) is 4.69. The lowest BCUT2D eigenvalue weighted by Gasteiger charge is -2.08. The van der Waals surface area contributed by atoms with Crippen LogP contribution in [0.3, 0.4) is 0 Å². The third-order valence-corrected chi connectivity index (χ3v) is 3.81. The lowest BCUT2D eigenvalue weighted by Crippen LogP contribution is -2.32. The molecule has 124 valence electrons. The predicted octanol–water partition coefficient (Wildman–Crippen LogP) is 0.972. The third-order valence-electron chi connectivity index (χ3n) is 3.81. The summed E-state index contributed by atoms with van der Waals surface area (Å²) in [6.45, 7) is 2.92. The Labute approximate surface area is 139 Å². The molecular formula is C17H19N5O2. The van der Waals surface area contributed by atoms with E-state index in [-0.39, 0.29) is 18.0 Å². The van der Waals surface area contributed by atoms with Crippen LogP contribution >= 0.6 is 0 Å². The number of benzene rings is 1. The van der Waals surface area contributed by atoms with Crippen molar-refractivity contribution in [1.29, 1.82) is 0 Å². The van der Waals surface area contributed by atoms with Crippen molar-refractivity contribution in [2.45, 2.75) is 26.4 Å². The molecule has 0 aliphatic rings. The highest BCUT2D eigenvalue weighted by molar-refractivity contribution is 5.80. The molecule has 7 nitrogen and oxygen atoms in total. The molecule has 0 spiro atoms. The molecule has 1 aromatic carbocycles. The summed E-state index contributed by atoms with van der Waals surface area (Å²) >= 11 is 0. The topological polar surface area (TPSA) is 81.8 Å². The van der Waals surface area contributed by atoms with Crippen LogP contribution in [0.2, 0.25) is 0 Å². The van der Waals surface area contributed by atoms with Gasteiger partial charge in [0.25, 0.3) is 5.56 Å². The van der Waals surface area contributed by atoms with Crippen LogP contribution in [0.5, 0.6) is 0 Å². The average Bonchev–Trinajstić information content (AvgIpc) is 2.99. The van der Waals surface area contributed by atoms with Gasteiger partial charge in [0.05, 0.1) is 23.7 Å². The summed E-state index contributed by atoms with van der Waals surface area (Å²) in [5.74, 6) is -0.121. The summed E-state index contributed by atoms with van der Waals surface area (Å²) in [7, 11) is 0. The molecule has 3 aromatic rings. The molecule has 0 atom stereocenters. The number of imidazole rings is 1. The first-order valence-corrected chi connectivity index (χ1v) is 7.89. The largest absolute Gasteiger partial charge is 0.353 e. The minimum absolute atomic E-state index is 0.100. The predicted molar refractivity (Wildman–Crippen MR) is 90.6 cm³/mol. The molecule has 0 aliphatic heterocycles. The van der Waals surface area contributed by atoms with Gasteiger partial charge >= 0.3 is 0 Å². The average molecular weight is 325 g/mol. The van der Waals surface area contributed by atoms with Crippen molar-refractivity contribution in [3.8, 4) is 0 Å². The van der Waals surface area contributed by atoms with Gasteiger partial charge in [0.1, 0.15) is 6.54 Å². The number of hydrogen-bond donors (Lipinski definition) is 1. The molecule has 0 fully saturated rings. The molecule has 0 aliphatic carbocycles. The Balaban J connectivity index is 1.55. The summed E-state index contributed by atoms with van der Waals surface area (Å²) in [4.78, 5) is 32.4. The zero-order chi connectivity index (χ0) is 16.9. The second kappa shape index (κ2) is 7.08. The van der Waals surface area contributed by atoms with Crippen LogP contribution < -0.4 is 10.9 Å². The maximum absolute atomic E-state index is 12.1. The van der Waals surface area contributed by atoms with Crippen LogP contribution in [0.25, 0.3) is 11.0 Å². The highest BCUT2D eigenvalue weighted by Crippen LogP contribution is 2.11. The number of fused-ring (bicyclic) bond motifs is 1. The van der Waals surface area contributed by atoms with E-state index in [1.807, 2.05) is 31.2 Å². The number of aryl methyl sites for hydroxylation is 1. The van der Waals surface area contributed by atoms with Crippen LogP contribution in [-0.4, -0.2) is 31.6 Å². The van der Waals surface area contributed by atoms with E-state index in [0.717, 1.165) is 23.1 Å². The van der Waals surface area contributed by atoms with Crippen molar-refractivity contribution in [3.63, 3.8) is 0 Å². The van der Waals surface area contributed by atoms with E-state index in [9.17, 15) is 9.59 Å². The van der Waals surface area contributed by atoms with Crippen molar-refractivity contribution in [2.24, 2.45) is 0 Å². The van der Waals surface area contributed by atoms with Crippen LogP contribution in [0.15, 0.2) is 47.8 Å². The van der Waals surface area contributed by atoms with Gasteiger partial charge in [0, 0.05) is 24.8 Å². The number of nitrogens with zero attached hydrogens (tertiary/aromatic N) is 4. The van der Waals surface area contributed by atoms with E-state index in [0.29, 0.717) is 13.1 Å². The van der Waals surface area contributed by atoms with E-state index in [2.05, 4.69) is 15.3 Å². The number of rotatable bonds is 6. The molecule has 0 saturated carbocycles. The minimum Gasteiger partial charge on any atom is -0.353 e.